The lowest BCUT2D eigenvalue weighted by Crippen LogP contribution is -2.59. The summed E-state index contributed by atoms with van der Waals surface area (Å²) in [5.41, 5.74) is 4.16. The largest absolute Gasteiger partial charge is 0.497 e. The number of aliphatic hydroxyl groups is 1. The van der Waals surface area contributed by atoms with Crippen molar-refractivity contribution in [2.45, 2.75) is 76.5 Å². The first kappa shape index (κ1) is 36.5. The number of benzene rings is 3. The molecule has 0 fully saturated rings. The van der Waals surface area contributed by atoms with Crippen molar-refractivity contribution in [2.24, 2.45) is 5.92 Å². The molecule has 0 aliphatic carbocycles. The maximum Gasteiger partial charge on any atom is 0.426 e. The predicted octanol–water partition coefficient (Wildman–Crippen LogP) is 5.56. The monoisotopic (exact) mass is 653 g/mol. The average Bonchev–Trinajstić information content (AvgIpc) is 3.07. The molecule has 0 bridgehead atoms. The molecule has 3 aromatic carbocycles. The van der Waals surface area contributed by atoms with Crippen LogP contribution >= 0.6 is 0 Å². The Kier molecular flexibility index (Phi) is 14.5. The van der Waals surface area contributed by atoms with E-state index in [1.54, 1.807) is 12.1 Å². The fourth-order valence-corrected chi connectivity index (χ4v) is 6.35. The lowest BCUT2D eigenvalue weighted by atomic mass is 9.98. The van der Waals surface area contributed by atoms with Gasteiger partial charge in [-0.3, -0.25) is 4.79 Å². The first-order chi connectivity index (χ1) is 22.1. The van der Waals surface area contributed by atoms with E-state index >= 15 is 0 Å². The number of hydrazine groups is 1. The SMILES string of the molecule is CCCCN(C[C@@H](O)C(Cc1ccccc1)N(NC(=O)OCc1ccccc1)C(=O)CC(C)CC)S(=O)(=O)c1ccc(OC)cc1. The van der Waals surface area contributed by atoms with Crippen molar-refractivity contribution in [1.82, 2.24) is 14.7 Å². The second-order valence-electron chi connectivity index (χ2n) is 11.4. The van der Waals surface area contributed by atoms with E-state index in [1.165, 1.54) is 23.5 Å². The number of carbonyl (C=O) groups excluding carboxylic acids is 2. The van der Waals surface area contributed by atoms with Crippen molar-refractivity contribution in [2.75, 3.05) is 20.2 Å². The second kappa shape index (κ2) is 18.3. The molecular weight excluding hydrogens is 606 g/mol. The molecule has 0 heterocycles. The summed E-state index contributed by atoms with van der Waals surface area (Å²) in [6, 6.07) is 23.4. The fourth-order valence-electron chi connectivity index (χ4n) is 4.85. The topological polar surface area (TPSA) is 125 Å². The number of hydrogen-bond donors (Lipinski definition) is 2. The van der Waals surface area contributed by atoms with E-state index in [-0.39, 0.29) is 43.4 Å². The summed E-state index contributed by atoms with van der Waals surface area (Å²) in [4.78, 5) is 27.0. The quantitative estimate of drug-likeness (QED) is 0.183. The van der Waals surface area contributed by atoms with Crippen molar-refractivity contribution in [3.8, 4) is 5.75 Å². The van der Waals surface area contributed by atoms with Crippen LogP contribution in [-0.4, -0.2) is 67.2 Å². The average molecular weight is 654 g/mol. The van der Waals surface area contributed by atoms with E-state index in [4.69, 9.17) is 9.47 Å². The zero-order chi connectivity index (χ0) is 33.5. The molecule has 46 heavy (non-hydrogen) atoms. The number of carbonyl (C=O) groups is 2. The Hall–Kier alpha value is -3.93. The van der Waals surface area contributed by atoms with E-state index in [2.05, 4.69) is 5.43 Å². The molecule has 2 amide bonds. The molecule has 0 aliphatic heterocycles. The molecule has 0 aliphatic rings. The third-order valence-corrected chi connectivity index (χ3v) is 9.70. The number of nitrogens with one attached hydrogen (secondary N) is 1. The van der Waals surface area contributed by atoms with Crippen molar-refractivity contribution >= 4 is 22.0 Å². The van der Waals surface area contributed by atoms with E-state index in [1.807, 2.05) is 81.4 Å². The lowest BCUT2D eigenvalue weighted by molar-refractivity contribution is -0.141. The van der Waals surface area contributed by atoms with Gasteiger partial charge in [-0.25, -0.2) is 23.6 Å². The Labute approximate surface area is 273 Å². The first-order valence-corrected chi connectivity index (χ1v) is 17.2. The molecule has 0 saturated heterocycles. The zero-order valence-electron chi connectivity index (χ0n) is 27.2. The van der Waals surface area contributed by atoms with Gasteiger partial charge >= 0.3 is 6.09 Å². The van der Waals surface area contributed by atoms with Gasteiger partial charge in [-0.05, 0) is 54.2 Å². The van der Waals surface area contributed by atoms with Gasteiger partial charge in [0.25, 0.3) is 0 Å². The van der Waals surface area contributed by atoms with Crippen LogP contribution in [0.1, 0.15) is 57.6 Å². The molecule has 0 aromatic heterocycles. The summed E-state index contributed by atoms with van der Waals surface area (Å²) in [6.07, 6.45) is 0.0444. The fraction of sp³-hybridized carbons (Fsp3) is 0.429. The van der Waals surface area contributed by atoms with E-state index < -0.39 is 34.2 Å². The van der Waals surface area contributed by atoms with Gasteiger partial charge in [0, 0.05) is 19.5 Å². The summed E-state index contributed by atoms with van der Waals surface area (Å²) in [6.45, 7) is 5.69. The van der Waals surface area contributed by atoms with Crippen LogP contribution in [0.2, 0.25) is 0 Å². The number of unbranched alkanes of at least 4 members (excludes halogenated alkanes) is 1. The van der Waals surface area contributed by atoms with Crippen LogP contribution in [0.15, 0.2) is 89.8 Å². The van der Waals surface area contributed by atoms with Crippen molar-refractivity contribution in [3.05, 3.63) is 96.1 Å². The zero-order valence-corrected chi connectivity index (χ0v) is 28.0. The lowest BCUT2D eigenvalue weighted by Gasteiger charge is -2.37. The summed E-state index contributed by atoms with van der Waals surface area (Å²) >= 11 is 0. The maximum absolute atomic E-state index is 13.8. The molecule has 3 rings (SSSR count). The number of aliphatic hydroxyl groups excluding tert-OH is 1. The van der Waals surface area contributed by atoms with Crippen LogP contribution < -0.4 is 10.2 Å². The van der Waals surface area contributed by atoms with Gasteiger partial charge in [0.1, 0.15) is 12.4 Å². The predicted molar refractivity (Wildman–Crippen MR) is 177 cm³/mol. The summed E-state index contributed by atoms with van der Waals surface area (Å²) in [5.74, 6) is 0.106. The molecule has 250 valence electrons. The summed E-state index contributed by atoms with van der Waals surface area (Å²) < 4.78 is 39.6. The normalized spacial score (nSPS) is 13.4. The summed E-state index contributed by atoms with van der Waals surface area (Å²) in [7, 11) is -2.53. The molecule has 2 unspecified atom stereocenters. The van der Waals surface area contributed by atoms with Gasteiger partial charge in [0.2, 0.25) is 15.9 Å². The molecule has 3 atom stereocenters. The molecular formula is C35H47N3O7S. The number of hydrogen-bond acceptors (Lipinski definition) is 7. The van der Waals surface area contributed by atoms with E-state index in [9.17, 15) is 23.1 Å². The molecule has 0 spiro atoms. The molecule has 0 radical (unpaired) electrons. The van der Waals surface area contributed by atoms with Crippen LogP contribution in [0.5, 0.6) is 5.75 Å². The van der Waals surface area contributed by atoms with Gasteiger partial charge < -0.3 is 14.6 Å². The second-order valence-corrected chi connectivity index (χ2v) is 13.3. The number of rotatable bonds is 17. The van der Waals surface area contributed by atoms with Crippen LogP contribution in [-0.2, 0) is 32.6 Å². The van der Waals surface area contributed by atoms with Crippen molar-refractivity contribution in [3.63, 3.8) is 0 Å². The number of methoxy groups -OCH3 is 1. The molecule has 2 N–H and O–H groups in total. The Morgan fingerprint density at radius 1 is 0.913 bits per heavy atom. The Bertz CT molecular complexity index is 1450. The van der Waals surface area contributed by atoms with Crippen LogP contribution in [0.3, 0.4) is 0 Å². The number of ether oxygens (including phenoxy) is 2. The highest BCUT2D eigenvalue weighted by Crippen LogP contribution is 2.23. The highest BCUT2D eigenvalue weighted by atomic mass is 32.2. The minimum Gasteiger partial charge on any atom is -0.497 e. The minimum atomic E-state index is -4.03. The maximum atomic E-state index is 13.8. The Balaban J connectivity index is 1.96. The smallest absolute Gasteiger partial charge is 0.426 e. The number of amides is 2. The van der Waals surface area contributed by atoms with Crippen molar-refractivity contribution in [1.29, 1.82) is 0 Å². The Morgan fingerprint density at radius 3 is 2.09 bits per heavy atom. The minimum absolute atomic E-state index is 0.00293. The molecule has 3 aromatic rings. The third-order valence-electron chi connectivity index (χ3n) is 7.83. The van der Waals surface area contributed by atoms with Crippen LogP contribution in [0.4, 0.5) is 4.79 Å². The first-order valence-electron chi connectivity index (χ1n) is 15.7. The van der Waals surface area contributed by atoms with Gasteiger partial charge in [-0.15, -0.1) is 0 Å². The van der Waals surface area contributed by atoms with Gasteiger partial charge in [0.05, 0.1) is 24.2 Å². The van der Waals surface area contributed by atoms with E-state index in [0.29, 0.717) is 12.2 Å². The molecule has 11 heteroatoms. The Morgan fingerprint density at radius 2 is 1.52 bits per heavy atom. The standard InChI is InChI=1S/C35H47N3O7S/c1-5-7-22-37(46(42,43)31-20-18-30(44-4)19-21-31)25-33(39)32(24-28-14-10-8-11-15-28)38(34(40)23-27(3)6-2)36-35(41)45-26-29-16-12-9-13-17-29/h8-21,27,32-33,39H,5-7,22-26H2,1-4H3,(H,36,41)/t27?,32?,33-/m1/s1. The van der Waals surface area contributed by atoms with Crippen LogP contribution in [0.25, 0.3) is 0 Å². The van der Waals surface area contributed by atoms with Crippen molar-refractivity contribution < 1.29 is 32.6 Å². The third kappa shape index (κ3) is 10.9. The van der Waals surface area contributed by atoms with Crippen LogP contribution in [0, 0.1) is 5.92 Å². The van der Waals surface area contributed by atoms with E-state index in [0.717, 1.165) is 29.0 Å². The highest BCUT2D eigenvalue weighted by molar-refractivity contribution is 7.89. The number of sulfonamides is 1. The summed E-state index contributed by atoms with van der Waals surface area (Å²) in [5, 5.41) is 13.0. The van der Waals surface area contributed by atoms with Gasteiger partial charge in [0.15, 0.2) is 0 Å². The van der Waals surface area contributed by atoms with Gasteiger partial charge in [-0.1, -0.05) is 94.3 Å². The number of nitrogens with zero attached hydrogens (tertiary/aromatic N) is 2. The molecule has 10 nitrogen and oxygen atoms in total. The highest BCUT2D eigenvalue weighted by Gasteiger charge is 2.36. The van der Waals surface area contributed by atoms with Gasteiger partial charge in [-0.2, -0.15) is 4.31 Å². The molecule has 0 saturated carbocycles.